The number of hydrogen-bond donors (Lipinski definition) is 2. The van der Waals surface area contributed by atoms with Gasteiger partial charge < -0.3 is 15.6 Å². The molecule has 96 valence electrons. The summed E-state index contributed by atoms with van der Waals surface area (Å²) in [7, 11) is -3.28. The molecule has 0 spiro atoms. The molecule has 1 unspecified atom stereocenters. The number of unbranched alkanes of at least 4 members (excludes halogenated alkanes) is 1. The third-order valence-corrected chi connectivity index (χ3v) is 4.60. The zero-order valence-electron chi connectivity index (χ0n) is 9.34. The lowest BCUT2D eigenvalue weighted by atomic mass is 10.3. The van der Waals surface area contributed by atoms with E-state index in [0.717, 1.165) is 0 Å². The van der Waals surface area contributed by atoms with Crippen LogP contribution in [0.5, 0.6) is 0 Å². The van der Waals surface area contributed by atoms with Gasteiger partial charge in [0, 0.05) is 6.54 Å². The molecule has 7 heteroatoms. The summed E-state index contributed by atoms with van der Waals surface area (Å²) in [5, 5.41) is 9.09. The van der Waals surface area contributed by atoms with E-state index in [1.54, 1.807) is 0 Å². The summed E-state index contributed by atoms with van der Waals surface area (Å²) in [5.74, 6) is 0.0979. The van der Waals surface area contributed by atoms with E-state index in [-0.39, 0.29) is 19.0 Å². The normalized spacial score (nSPS) is 23.5. The Hall–Kier alpha value is -0.210. The predicted octanol–water partition coefficient (Wildman–Crippen LogP) is -1.25. The van der Waals surface area contributed by atoms with Crippen molar-refractivity contribution in [1.82, 2.24) is 4.31 Å². The molecule has 0 bridgehead atoms. The van der Waals surface area contributed by atoms with Gasteiger partial charge >= 0.3 is 0 Å². The molecule has 0 radical (unpaired) electrons. The first-order chi connectivity index (χ1) is 7.61. The Morgan fingerprint density at radius 1 is 1.44 bits per heavy atom. The second-order valence-electron chi connectivity index (χ2n) is 3.83. The number of morpholine rings is 1. The van der Waals surface area contributed by atoms with Crippen LogP contribution in [0.4, 0.5) is 0 Å². The fourth-order valence-corrected chi connectivity index (χ4v) is 3.43. The highest BCUT2D eigenvalue weighted by molar-refractivity contribution is 7.89. The average Bonchev–Trinajstić information content (AvgIpc) is 2.29. The summed E-state index contributed by atoms with van der Waals surface area (Å²) in [6.45, 7) is 1.30. The number of aliphatic hydroxyl groups is 1. The lowest BCUT2D eigenvalue weighted by Crippen LogP contribution is -2.51. The third-order valence-electron chi connectivity index (χ3n) is 2.60. The van der Waals surface area contributed by atoms with E-state index in [9.17, 15) is 8.42 Å². The molecule has 1 aliphatic heterocycles. The maximum absolute atomic E-state index is 11.9. The number of sulfonamides is 1. The van der Waals surface area contributed by atoms with E-state index in [2.05, 4.69) is 0 Å². The Morgan fingerprint density at radius 3 is 2.81 bits per heavy atom. The van der Waals surface area contributed by atoms with Gasteiger partial charge in [0.25, 0.3) is 0 Å². The van der Waals surface area contributed by atoms with Crippen molar-refractivity contribution in [3.05, 3.63) is 0 Å². The van der Waals surface area contributed by atoms with Gasteiger partial charge in [-0.15, -0.1) is 0 Å². The topological polar surface area (TPSA) is 92.9 Å². The fourth-order valence-electron chi connectivity index (χ4n) is 1.70. The lowest BCUT2D eigenvalue weighted by molar-refractivity contribution is 0.0109. The number of ether oxygens (including phenoxy) is 1. The monoisotopic (exact) mass is 252 g/mol. The van der Waals surface area contributed by atoms with Crippen LogP contribution < -0.4 is 5.73 Å². The summed E-state index contributed by atoms with van der Waals surface area (Å²) in [6, 6.07) is -0.434. The zero-order chi connectivity index (χ0) is 12.0. The van der Waals surface area contributed by atoms with Crippen LogP contribution in [-0.2, 0) is 14.8 Å². The lowest BCUT2D eigenvalue weighted by Gasteiger charge is -2.33. The summed E-state index contributed by atoms with van der Waals surface area (Å²) < 4.78 is 30.4. The van der Waals surface area contributed by atoms with Gasteiger partial charge in [0.15, 0.2) is 0 Å². The van der Waals surface area contributed by atoms with Crippen LogP contribution in [0.25, 0.3) is 0 Å². The summed E-state index contributed by atoms with van der Waals surface area (Å²) in [4.78, 5) is 0. The molecule has 0 amide bonds. The van der Waals surface area contributed by atoms with E-state index in [1.807, 2.05) is 0 Å². The molecule has 0 aromatic rings. The predicted molar refractivity (Wildman–Crippen MR) is 60.5 cm³/mol. The van der Waals surface area contributed by atoms with Crippen molar-refractivity contribution in [3.63, 3.8) is 0 Å². The molecule has 0 aromatic heterocycles. The highest BCUT2D eigenvalue weighted by Crippen LogP contribution is 2.13. The third kappa shape index (κ3) is 3.67. The minimum Gasteiger partial charge on any atom is -0.395 e. The van der Waals surface area contributed by atoms with Crippen LogP contribution in [0.15, 0.2) is 0 Å². The van der Waals surface area contributed by atoms with Crippen molar-refractivity contribution in [1.29, 1.82) is 0 Å². The SMILES string of the molecule is NCCCCS(=O)(=O)N1CCOCC1CO. The van der Waals surface area contributed by atoms with Crippen molar-refractivity contribution in [2.45, 2.75) is 18.9 Å². The van der Waals surface area contributed by atoms with Gasteiger partial charge in [-0.3, -0.25) is 0 Å². The summed E-state index contributed by atoms with van der Waals surface area (Å²) >= 11 is 0. The van der Waals surface area contributed by atoms with Gasteiger partial charge in [-0.1, -0.05) is 0 Å². The van der Waals surface area contributed by atoms with Crippen molar-refractivity contribution in [2.75, 3.05) is 38.7 Å². The zero-order valence-corrected chi connectivity index (χ0v) is 10.2. The Kier molecular flexibility index (Phi) is 5.63. The van der Waals surface area contributed by atoms with Crippen molar-refractivity contribution in [2.24, 2.45) is 5.73 Å². The van der Waals surface area contributed by atoms with E-state index >= 15 is 0 Å². The molecule has 1 fully saturated rings. The quantitative estimate of drug-likeness (QED) is 0.576. The highest BCUT2D eigenvalue weighted by atomic mass is 32.2. The summed E-state index contributed by atoms with van der Waals surface area (Å²) in [5.41, 5.74) is 5.32. The molecule has 1 aliphatic rings. The number of nitrogens with two attached hydrogens (primary N) is 1. The van der Waals surface area contributed by atoms with E-state index < -0.39 is 16.1 Å². The maximum atomic E-state index is 11.9. The first-order valence-electron chi connectivity index (χ1n) is 5.50. The smallest absolute Gasteiger partial charge is 0.214 e. The fraction of sp³-hybridized carbons (Fsp3) is 1.00. The standard InChI is InChI=1S/C9H20N2O4S/c10-3-1-2-6-16(13,14)11-4-5-15-8-9(11)7-12/h9,12H,1-8,10H2. The number of rotatable bonds is 6. The van der Waals surface area contributed by atoms with Crippen LogP contribution >= 0.6 is 0 Å². The minimum absolute atomic E-state index is 0.0979. The van der Waals surface area contributed by atoms with Gasteiger partial charge in [-0.05, 0) is 19.4 Å². The van der Waals surface area contributed by atoms with Crippen LogP contribution in [0.2, 0.25) is 0 Å². The molecule has 3 N–H and O–H groups in total. The Bertz CT molecular complexity index is 294. The molecular weight excluding hydrogens is 232 g/mol. The molecule has 0 aromatic carbocycles. The molecule has 1 atom stereocenters. The van der Waals surface area contributed by atoms with Gasteiger partial charge in [0.1, 0.15) is 0 Å². The Balaban J connectivity index is 2.57. The van der Waals surface area contributed by atoms with E-state index in [1.165, 1.54) is 4.31 Å². The van der Waals surface area contributed by atoms with Gasteiger partial charge in [0.2, 0.25) is 10.0 Å². The number of hydrogen-bond acceptors (Lipinski definition) is 5. The first-order valence-corrected chi connectivity index (χ1v) is 7.11. The highest BCUT2D eigenvalue weighted by Gasteiger charge is 2.31. The van der Waals surface area contributed by atoms with Crippen LogP contribution in [0, 0.1) is 0 Å². The van der Waals surface area contributed by atoms with E-state index in [0.29, 0.717) is 32.5 Å². The second-order valence-corrected chi connectivity index (χ2v) is 5.87. The maximum Gasteiger partial charge on any atom is 0.214 e. The molecular formula is C9H20N2O4S. The average molecular weight is 252 g/mol. The Morgan fingerprint density at radius 2 is 2.19 bits per heavy atom. The molecule has 1 rings (SSSR count). The van der Waals surface area contributed by atoms with Crippen molar-refractivity contribution in [3.8, 4) is 0 Å². The van der Waals surface area contributed by atoms with Crippen molar-refractivity contribution < 1.29 is 18.3 Å². The molecule has 16 heavy (non-hydrogen) atoms. The number of aliphatic hydroxyl groups excluding tert-OH is 1. The summed E-state index contributed by atoms with van der Waals surface area (Å²) in [6.07, 6.45) is 1.27. The van der Waals surface area contributed by atoms with Gasteiger partial charge in [-0.2, -0.15) is 4.31 Å². The van der Waals surface area contributed by atoms with Gasteiger partial charge in [0.05, 0.1) is 31.6 Å². The first kappa shape index (κ1) is 13.9. The second kappa shape index (κ2) is 6.51. The largest absolute Gasteiger partial charge is 0.395 e. The minimum atomic E-state index is -3.28. The number of nitrogens with zero attached hydrogens (tertiary/aromatic N) is 1. The molecule has 1 saturated heterocycles. The molecule has 0 saturated carbocycles. The van der Waals surface area contributed by atoms with Crippen LogP contribution in [-0.4, -0.2) is 62.5 Å². The van der Waals surface area contributed by atoms with Crippen LogP contribution in [0.1, 0.15) is 12.8 Å². The molecule has 6 nitrogen and oxygen atoms in total. The van der Waals surface area contributed by atoms with Gasteiger partial charge in [-0.25, -0.2) is 8.42 Å². The van der Waals surface area contributed by atoms with E-state index in [4.69, 9.17) is 15.6 Å². The molecule has 1 heterocycles. The van der Waals surface area contributed by atoms with Crippen molar-refractivity contribution >= 4 is 10.0 Å². The molecule has 0 aliphatic carbocycles. The Labute approximate surface area is 96.4 Å². The van der Waals surface area contributed by atoms with Crippen LogP contribution in [0.3, 0.4) is 0 Å².